The van der Waals surface area contributed by atoms with E-state index in [9.17, 15) is 0 Å². The molecule has 0 aromatic rings. The van der Waals surface area contributed by atoms with Gasteiger partial charge in [0.1, 0.15) is 0 Å². The minimum absolute atomic E-state index is 0.682. The highest BCUT2D eigenvalue weighted by molar-refractivity contribution is 4.77. The molecule has 3 heteroatoms. The van der Waals surface area contributed by atoms with E-state index in [2.05, 4.69) is 16.7 Å². The molecule has 2 aliphatic heterocycles. The molecule has 2 saturated heterocycles. The first-order valence-electron chi connectivity index (χ1n) is 5.97. The quantitative estimate of drug-likeness (QED) is 0.676. The summed E-state index contributed by atoms with van der Waals surface area (Å²) in [6.45, 7) is 8.99. The van der Waals surface area contributed by atoms with E-state index >= 15 is 0 Å². The Morgan fingerprint density at radius 2 is 1.57 bits per heavy atom. The van der Waals surface area contributed by atoms with Crippen molar-refractivity contribution in [2.75, 3.05) is 39.4 Å². The predicted molar refractivity (Wildman–Crippen MR) is 57.3 cm³/mol. The molecule has 0 saturated carbocycles. The summed E-state index contributed by atoms with van der Waals surface area (Å²) in [5, 5.41) is 0. The highest BCUT2D eigenvalue weighted by Crippen LogP contribution is 2.18. The summed E-state index contributed by atoms with van der Waals surface area (Å²) in [4.78, 5) is 5.24. The van der Waals surface area contributed by atoms with Crippen LogP contribution in [0.2, 0.25) is 0 Å². The Labute approximate surface area is 87.0 Å². The van der Waals surface area contributed by atoms with Crippen LogP contribution in [0.15, 0.2) is 0 Å². The summed E-state index contributed by atoms with van der Waals surface area (Å²) in [7, 11) is 0. The van der Waals surface area contributed by atoms with E-state index in [0.717, 1.165) is 26.3 Å². The van der Waals surface area contributed by atoms with E-state index in [0.29, 0.717) is 6.17 Å². The Hall–Kier alpha value is -0.120. The zero-order chi connectivity index (χ0) is 9.80. The Bertz CT molecular complexity index is 163. The second-order valence-corrected chi connectivity index (χ2v) is 4.28. The molecule has 0 amide bonds. The van der Waals surface area contributed by atoms with Crippen LogP contribution in [0.1, 0.15) is 26.2 Å². The molecule has 2 heterocycles. The summed E-state index contributed by atoms with van der Waals surface area (Å²) in [5.74, 6) is 0. The van der Waals surface area contributed by atoms with Crippen molar-refractivity contribution in [3.63, 3.8) is 0 Å². The standard InChI is InChI=1S/C11H22N2O/c1-2-11(12-5-3-4-6-12)13-7-9-14-10-8-13/h11H,2-10H2,1H3. The number of ether oxygens (including phenoxy) is 1. The molecule has 0 spiro atoms. The van der Waals surface area contributed by atoms with Crippen LogP contribution in [-0.2, 0) is 4.74 Å². The Kier molecular flexibility index (Phi) is 3.79. The molecule has 1 unspecified atom stereocenters. The topological polar surface area (TPSA) is 15.7 Å². The van der Waals surface area contributed by atoms with Crippen molar-refractivity contribution in [1.82, 2.24) is 9.80 Å². The molecule has 14 heavy (non-hydrogen) atoms. The summed E-state index contributed by atoms with van der Waals surface area (Å²) in [6, 6.07) is 0. The maximum atomic E-state index is 5.40. The van der Waals surface area contributed by atoms with Gasteiger partial charge in [-0.15, -0.1) is 0 Å². The maximum Gasteiger partial charge on any atom is 0.0621 e. The van der Waals surface area contributed by atoms with Crippen LogP contribution in [0.25, 0.3) is 0 Å². The minimum Gasteiger partial charge on any atom is -0.379 e. The van der Waals surface area contributed by atoms with Gasteiger partial charge in [-0.25, -0.2) is 0 Å². The van der Waals surface area contributed by atoms with Crippen molar-refractivity contribution in [3.05, 3.63) is 0 Å². The first-order chi connectivity index (χ1) is 6.92. The number of likely N-dealkylation sites (tertiary alicyclic amines) is 1. The Balaban J connectivity index is 1.89. The highest BCUT2D eigenvalue weighted by Gasteiger charge is 2.26. The average molecular weight is 198 g/mol. The van der Waals surface area contributed by atoms with Crippen LogP contribution in [0, 0.1) is 0 Å². The normalized spacial score (nSPS) is 28.1. The van der Waals surface area contributed by atoms with E-state index in [-0.39, 0.29) is 0 Å². The molecule has 82 valence electrons. The fraction of sp³-hybridized carbons (Fsp3) is 1.00. The first kappa shape index (κ1) is 10.4. The lowest BCUT2D eigenvalue weighted by Gasteiger charge is -2.39. The third-order valence-electron chi connectivity index (χ3n) is 3.39. The smallest absolute Gasteiger partial charge is 0.0621 e. The Morgan fingerprint density at radius 3 is 2.14 bits per heavy atom. The van der Waals surface area contributed by atoms with Crippen LogP contribution in [-0.4, -0.2) is 55.4 Å². The van der Waals surface area contributed by atoms with Crippen molar-refractivity contribution in [3.8, 4) is 0 Å². The molecule has 2 aliphatic rings. The third-order valence-corrected chi connectivity index (χ3v) is 3.39. The second-order valence-electron chi connectivity index (χ2n) is 4.28. The molecule has 0 radical (unpaired) electrons. The van der Waals surface area contributed by atoms with E-state index in [1.807, 2.05) is 0 Å². The number of nitrogens with zero attached hydrogens (tertiary/aromatic N) is 2. The molecule has 0 bridgehead atoms. The minimum atomic E-state index is 0.682. The van der Waals surface area contributed by atoms with E-state index in [1.165, 1.54) is 32.4 Å². The van der Waals surface area contributed by atoms with Crippen LogP contribution in [0.4, 0.5) is 0 Å². The van der Waals surface area contributed by atoms with Gasteiger partial charge in [0.25, 0.3) is 0 Å². The van der Waals surface area contributed by atoms with Crippen molar-refractivity contribution < 1.29 is 4.74 Å². The molecule has 0 N–H and O–H groups in total. The van der Waals surface area contributed by atoms with E-state index in [1.54, 1.807) is 0 Å². The molecule has 0 aromatic heterocycles. The van der Waals surface area contributed by atoms with Crippen LogP contribution in [0.3, 0.4) is 0 Å². The lowest BCUT2D eigenvalue weighted by Crippen LogP contribution is -2.51. The number of rotatable bonds is 3. The molecular formula is C11H22N2O. The molecule has 0 aromatic carbocycles. The number of hydrogen-bond donors (Lipinski definition) is 0. The largest absolute Gasteiger partial charge is 0.379 e. The zero-order valence-electron chi connectivity index (χ0n) is 9.24. The van der Waals surface area contributed by atoms with Crippen LogP contribution < -0.4 is 0 Å². The third kappa shape index (κ3) is 2.27. The first-order valence-corrected chi connectivity index (χ1v) is 5.97. The van der Waals surface area contributed by atoms with Crippen LogP contribution >= 0.6 is 0 Å². The highest BCUT2D eigenvalue weighted by atomic mass is 16.5. The van der Waals surface area contributed by atoms with Gasteiger partial charge in [-0.2, -0.15) is 0 Å². The van der Waals surface area contributed by atoms with Crippen LogP contribution in [0.5, 0.6) is 0 Å². The molecular weight excluding hydrogens is 176 g/mol. The molecule has 2 rings (SSSR count). The maximum absolute atomic E-state index is 5.40. The lowest BCUT2D eigenvalue weighted by atomic mass is 10.2. The molecule has 1 atom stereocenters. The van der Waals surface area contributed by atoms with Gasteiger partial charge < -0.3 is 4.74 Å². The molecule has 3 nitrogen and oxygen atoms in total. The van der Waals surface area contributed by atoms with Crippen molar-refractivity contribution in [2.45, 2.75) is 32.4 Å². The van der Waals surface area contributed by atoms with Crippen molar-refractivity contribution in [1.29, 1.82) is 0 Å². The summed E-state index contributed by atoms with van der Waals surface area (Å²) in [5.41, 5.74) is 0. The number of morpholine rings is 1. The van der Waals surface area contributed by atoms with Gasteiger partial charge in [0, 0.05) is 13.1 Å². The Morgan fingerprint density at radius 1 is 1.00 bits per heavy atom. The summed E-state index contributed by atoms with van der Waals surface area (Å²) in [6.07, 6.45) is 4.71. The van der Waals surface area contributed by atoms with Gasteiger partial charge in [0.05, 0.1) is 19.4 Å². The van der Waals surface area contributed by atoms with Gasteiger partial charge >= 0.3 is 0 Å². The average Bonchev–Trinajstić information content (AvgIpc) is 2.74. The lowest BCUT2D eigenvalue weighted by molar-refractivity contribution is -0.0280. The summed E-state index contributed by atoms with van der Waals surface area (Å²) < 4.78 is 5.40. The SMILES string of the molecule is CCC(N1CCCC1)N1CCOCC1. The van der Waals surface area contributed by atoms with Gasteiger partial charge in [-0.05, 0) is 32.4 Å². The van der Waals surface area contributed by atoms with Gasteiger partial charge in [-0.3, -0.25) is 9.80 Å². The van der Waals surface area contributed by atoms with Crippen molar-refractivity contribution >= 4 is 0 Å². The van der Waals surface area contributed by atoms with Crippen molar-refractivity contribution in [2.24, 2.45) is 0 Å². The van der Waals surface area contributed by atoms with E-state index < -0.39 is 0 Å². The molecule has 2 fully saturated rings. The fourth-order valence-electron chi connectivity index (χ4n) is 2.66. The van der Waals surface area contributed by atoms with Gasteiger partial charge in [0.15, 0.2) is 0 Å². The molecule has 0 aliphatic carbocycles. The van der Waals surface area contributed by atoms with E-state index in [4.69, 9.17) is 4.74 Å². The zero-order valence-corrected chi connectivity index (χ0v) is 9.24. The second kappa shape index (κ2) is 5.10. The fourth-order valence-corrected chi connectivity index (χ4v) is 2.66. The number of hydrogen-bond acceptors (Lipinski definition) is 3. The summed E-state index contributed by atoms with van der Waals surface area (Å²) >= 11 is 0. The predicted octanol–water partition coefficient (Wildman–Crippen LogP) is 1.15. The monoisotopic (exact) mass is 198 g/mol. The van der Waals surface area contributed by atoms with Gasteiger partial charge in [0.2, 0.25) is 0 Å². The van der Waals surface area contributed by atoms with Gasteiger partial charge in [-0.1, -0.05) is 6.92 Å².